The number of halogens is 3. The predicted molar refractivity (Wildman–Crippen MR) is 152 cm³/mol. The van der Waals surface area contributed by atoms with Crippen molar-refractivity contribution >= 4 is 56.4 Å². The van der Waals surface area contributed by atoms with Crippen LogP contribution in [-0.4, -0.2) is 65.6 Å². The maximum Gasteiger partial charge on any atom is 0.287 e. The van der Waals surface area contributed by atoms with Crippen molar-refractivity contribution in [2.24, 2.45) is 5.92 Å². The van der Waals surface area contributed by atoms with E-state index in [4.69, 9.17) is 23.2 Å². The molecule has 13 heteroatoms. The third kappa shape index (κ3) is 5.83. The fourth-order valence-corrected chi connectivity index (χ4v) is 7.96. The summed E-state index contributed by atoms with van der Waals surface area (Å²) in [6.07, 6.45) is 2.95. The second-order valence-electron chi connectivity index (χ2n) is 11.3. The summed E-state index contributed by atoms with van der Waals surface area (Å²) in [5, 5.41) is 1.52. The Bertz CT molecular complexity index is 1560. The SMILES string of the molecule is CC[C@H](CC(=O)[C@@H]1C[C@@H](S(=O)(=O)c2ccccc2Cl)CN1C(=O)C1(c2ncc(Cl)cc2F)CC1)C(=O)C(=O)NC1CC1. The van der Waals surface area contributed by atoms with Gasteiger partial charge in [-0.15, -0.1) is 0 Å². The fraction of sp³-hybridized carbons (Fsp3) is 0.483. The zero-order valence-electron chi connectivity index (χ0n) is 22.8. The molecule has 42 heavy (non-hydrogen) atoms. The molecule has 3 fully saturated rings. The number of aromatic nitrogens is 1. The van der Waals surface area contributed by atoms with Crippen LogP contribution in [0, 0.1) is 11.7 Å². The summed E-state index contributed by atoms with van der Waals surface area (Å²) in [4.78, 5) is 58.2. The molecule has 224 valence electrons. The zero-order valence-corrected chi connectivity index (χ0v) is 25.1. The van der Waals surface area contributed by atoms with E-state index < -0.39 is 61.7 Å². The number of carbonyl (C=O) groups excluding carboxylic acids is 4. The van der Waals surface area contributed by atoms with Crippen LogP contribution < -0.4 is 5.32 Å². The highest BCUT2D eigenvalue weighted by Gasteiger charge is 2.59. The Balaban J connectivity index is 1.45. The lowest BCUT2D eigenvalue weighted by Gasteiger charge is -2.29. The second-order valence-corrected chi connectivity index (χ2v) is 14.3. The number of hydrogen-bond donors (Lipinski definition) is 1. The van der Waals surface area contributed by atoms with Gasteiger partial charge in [0.1, 0.15) is 5.82 Å². The molecule has 2 aliphatic carbocycles. The molecule has 0 unspecified atom stereocenters. The number of carbonyl (C=O) groups is 4. The molecule has 0 spiro atoms. The third-order valence-corrected chi connectivity index (χ3v) is 11.2. The Morgan fingerprint density at radius 1 is 1.17 bits per heavy atom. The molecule has 1 aromatic carbocycles. The van der Waals surface area contributed by atoms with Gasteiger partial charge in [0.15, 0.2) is 15.6 Å². The Hall–Kier alpha value is -2.89. The molecule has 2 saturated carbocycles. The molecule has 3 atom stereocenters. The van der Waals surface area contributed by atoms with E-state index >= 15 is 0 Å². The van der Waals surface area contributed by atoms with Gasteiger partial charge < -0.3 is 10.2 Å². The van der Waals surface area contributed by atoms with E-state index in [2.05, 4.69) is 10.3 Å². The number of rotatable bonds is 11. The molecule has 2 aromatic rings. The van der Waals surface area contributed by atoms with E-state index in [1.54, 1.807) is 13.0 Å². The summed E-state index contributed by atoms with van der Waals surface area (Å²) >= 11 is 12.1. The second kappa shape index (κ2) is 11.7. The number of ketones is 2. The van der Waals surface area contributed by atoms with Gasteiger partial charge in [0.2, 0.25) is 11.7 Å². The van der Waals surface area contributed by atoms with Gasteiger partial charge in [-0.2, -0.15) is 0 Å². The maximum absolute atomic E-state index is 14.9. The summed E-state index contributed by atoms with van der Waals surface area (Å²) in [5.41, 5.74) is -1.47. The van der Waals surface area contributed by atoms with Crippen molar-refractivity contribution in [2.75, 3.05) is 6.54 Å². The first-order valence-electron chi connectivity index (χ1n) is 13.9. The summed E-state index contributed by atoms with van der Waals surface area (Å²) in [7, 11) is -4.09. The zero-order chi connectivity index (χ0) is 30.4. The van der Waals surface area contributed by atoms with Gasteiger partial charge in [-0.25, -0.2) is 12.8 Å². The number of benzene rings is 1. The van der Waals surface area contributed by atoms with Crippen molar-refractivity contribution in [3.8, 4) is 0 Å². The molecular formula is C29H30Cl2FN3O6S. The van der Waals surface area contributed by atoms with Gasteiger partial charge in [0.25, 0.3) is 5.91 Å². The first-order valence-corrected chi connectivity index (χ1v) is 16.2. The van der Waals surface area contributed by atoms with Gasteiger partial charge in [0, 0.05) is 31.1 Å². The molecular weight excluding hydrogens is 608 g/mol. The molecule has 2 heterocycles. The van der Waals surface area contributed by atoms with Gasteiger partial charge in [-0.05, 0) is 56.7 Å². The van der Waals surface area contributed by atoms with Crippen LogP contribution in [-0.2, 0) is 34.4 Å². The number of pyridine rings is 1. The topological polar surface area (TPSA) is 131 Å². The van der Waals surface area contributed by atoms with E-state index in [1.165, 1.54) is 29.3 Å². The summed E-state index contributed by atoms with van der Waals surface area (Å²) in [6.45, 7) is 1.35. The molecule has 1 saturated heterocycles. The lowest BCUT2D eigenvalue weighted by atomic mass is 9.90. The number of sulfone groups is 1. The average molecular weight is 639 g/mol. The minimum Gasteiger partial charge on any atom is -0.347 e. The lowest BCUT2D eigenvalue weighted by molar-refractivity contribution is -0.143. The van der Waals surface area contributed by atoms with Crippen molar-refractivity contribution in [1.29, 1.82) is 0 Å². The lowest BCUT2D eigenvalue weighted by Crippen LogP contribution is -2.47. The van der Waals surface area contributed by atoms with E-state index in [1.807, 2.05) is 0 Å². The van der Waals surface area contributed by atoms with Gasteiger partial charge >= 0.3 is 0 Å². The molecule has 0 bridgehead atoms. The van der Waals surface area contributed by atoms with Crippen LogP contribution in [0.1, 0.15) is 57.6 Å². The highest BCUT2D eigenvalue weighted by atomic mass is 35.5. The fourth-order valence-electron chi connectivity index (χ4n) is 5.60. The van der Waals surface area contributed by atoms with Crippen LogP contribution in [0.3, 0.4) is 0 Å². The van der Waals surface area contributed by atoms with Gasteiger partial charge in [-0.3, -0.25) is 24.2 Å². The highest BCUT2D eigenvalue weighted by Crippen LogP contribution is 2.51. The van der Waals surface area contributed by atoms with E-state index in [9.17, 15) is 32.0 Å². The first-order chi connectivity index (χ1) is 19.9. The molecule has 1 aromatic heterocycles. The highest BCUT2D eigenvalue weighted by molar-refractivity contribution is 7.92. The number of hydrogen-bond acceptors (Lipinski definition) is 7. The molecule has 1 N–H and O–H groups in total. The molecule has 1 aliphatic heterocycles. The van der Waals surface area contributed by atoms with Crippen LogP contribution in [0.2, 0.25) is 10.0 Å². The van der Waals surface area contributed by atoms with E-state index in [0.717, 1.165) is 18.9 Å². The van der Waals surface area contributed by atoms with Crippen LogP contribution in [0.15, 0.2) is 41.4 Å². The third-order valence-electron chi connectivity index (χ3n) is 8.35. The van der Waals surface area contributed by atoms with Gasteiger partial charge in [-0.1, -0.05) is 42.3 Å². The van der Waals surface area contributed by atoms with Crippen molar-refractivity contribution in [2.45, 2.75) is 79.5 Å². The largest absolute Gasteiger partial charge is 0.347 e. The summed E-state index contributed by atoms with van der Waals surface area (Å²) in [6, 6.07) is 5.72. The number of nitrogens with zero attached hydrogens (tertiary/aromatic N) is 2. The average Bonchev–Trinajstić information content (AvgIpc) is 3.88. The number of nitrogens with one attached hydrogen (secondary N) is 1. The number of amides is 2. The van der Waals surface area contributed by atoms with Crippen molar-refractivity contribution in [3.63, 3.8) is 0 Å². The minimum atomic E-state index is -4.09. The normalized spacial score (nSPS) is 22.0. The Morgan fingerprint density at radius 3 is 2.45 bits per heavy atom. The van der Waals surface area contributed by atoms with Crippen LogP contribution in [0.25, 0.3) is 0 Å². The number of Topliss-reactive ketones (excluding diaryl/α,β-unsaturated/α-hetero) is 2. The predicted octanol–water partition coefficient (Wildman–Crippen LogP) is 3.84. The van der Waals surface area contributed by atoms with E-state index in [-0.39, 0.29) is 65.3 Å². The van der Waals surface area contributed by atoms with Crippen LogP contribution >= 0.6 is 23.2 Å². The van der Waals surface area contributed by atoms with Crippen molar-refractivity contribution in [1.82, 2.24) is 15.2 Å². The molecule has 5 rings (SSSR count). The quantitative estimate of drug-likeness (QED) is 0.370. The summed E-state index contributed by atoms with van der Waals surface area (Å²) in [5.74, 6) is -4.33. The molecule has 3 aliphatic rings. The Kier molecular flexibility index (Phi) is 8.48. The van der Waals surface area contributed by atoms with Crippen molar-refractivity contribution < 1.29 is 32.0 Å². The van der Waals surface area contributed by atoms with Crippen molar-refractivity contribution in [3.05, 3.63) is 58.1 Å². The number of likely N-dealkylation sites (tertiary alicyclic amines) is 1. The van der Waals surface area contributed by atoms with E-state index in [0.29, 0.717) is 0 Å². The Morgan fingerprint density at radius 2 is 1.86 bits per heavy atom. The molecule has 2 amide bonds. The first kappa shape index (κ1) is 30.6. The standard InChI is InChI=1S/C29H30Cl2FN3O6S/c1-2-16(25(37)27(38)34-18-7-8-18)11-23(36)22-13-19(42(40,41)24-6-4-3-5-20(24)31)15-35(22)28(39)29(9-10-29)26-21(32)12-17(30)14-33-26/h3-6,12,14,16,18-19,22H,2,7-11,13,15H2,1H3,(H,34,38)/t16-,19-,22+/m1/s1. The molecule has 9 nitrogen and oxygen atoms in total. The monoisotopic (exact) mass is 637 g/mol. The van der Waals surface area contributed by atoms with Gasteiger partial charge in [0.05, 0.1) is 37.3 Å². The Labute approximate surface area is 253 Å². The minimum absolute atomic E-state index is 0.00886. The van der Waals surface area contributed by atoms with Crippen LogP contribution in [0.5, 0.6) is 0 Å². The maximum atomic E-state index is 14.9. The molecule has 0 radical (unpaired) electrons. The smallest absolute Gasteiger partial charge is 0.287 e. The summed E-state index contributed by atoms with van der Waals surface area (Å²) < 4.78 is 42.3. The van der Waals surface area contributed by atoms with Crippen LogP contribution in [0.4, 0.5) is 4.39 Å².